The lowest BCUT2D eigenvalue weighted by Crippen LogP contribution is -2.27. The summed E-state index contributed by atoms with van der Waals surface area (Å²) in [7, 11) is 1.77. The smallest absolute Gasteiger partial charge is 0.255 e. The molecule has 3 aromatic carbocycles. The van der Waals surface area contributed by atoms with Crippen molar-refractivity contribution in [2.45, 2.75) is 4.34 Å². The van der Waals surface area contributed by atoms with Gasteiger partial charge in [0.25, 0.3) is 5.91 Å². The Morgan fingerprint density at radius 3 is 2.55 bits per heavy atom. The zero-order chi connectivity index (χ0) is 21.8. The van der Waals surface area contributed by atoms with Crippen LogP contribution in [0.25, 0.3) is 10.2 Å². The van der Waals surface area contributed by atoms with Gasteiger partial charge in [-0.25, -0.2) is 4.98 Å². The first-order chi connectivity index (χ1) is 15.0. The Bertz CT molecular complexity index is 1230. The average Bonchev–Trinajstić information content (AvgIpc) is 3.20. The van der Waals surface area contributed by atoms with Crippen LogP contribution in [0, 0.1) is 0 Å². The van der Waals surface area contributed by atoms with Gasteiger partial charge in [0.1, 0.15) is 0 Å². The molecule has 31 heavy (non-hydrogen) atoms. The minimum Gasteiger partial charge on any atom is -0.322 e. The van der Waals surface area contributed by atoms with Crippen LogP contribution in [0.4, 0.5) is 11.4 Å². The molecule has 0 saturated heterocycles. The van der Waals surface area contributed by atoms with Gasteiger partial charge in [0.05, 0.1) is 16.0 Å². The van der Waals surface area contributed by atoms with Crippen molar-refractivity contribution < 1.29 is 9.59 Å². The molecule has 0 spiro atoms. The number of amides is 2. The van der Waals surface area contributed by atoms with E-state index >= 15 is 0 Å². The Morgan fingerprint density at radius 2 is 1.81 bits per heavy atom. The maximum atomic E-state index is 12.5. The predicted molar refractivity (Wildman–Crippen MR) is 130 cm³/mol. The number of hydrogen-bond acceptors (Lipinski definition) is 5. The lowest BCUT2D eigenvalue weighted by atomic mass is 10.2. The first kappa shape index (κ1) is 21.4. The van der Waals surface area contributed by atoms with E-state index in [0.29, 0.717) is 22.0 Å². The summed E-state index contributed by atoms with van der Waals surface area (Å²) < 4.78 is 1.76. The van der Waals surface area contributed by atoms with Gasteiger partial charge in [-0.2, -0.15) is 0 Å². The predicted octanol–water partition coefficient (Wildman–Crippen LogP) is 5.96. The van der Waals surface area contributed by atoms with Gasteiger partial charge in [-0.15, -0.1) is 11.3 Å². The number of thiazole rings is 1. The molecule has 0 aliphatic heterocycles. The third-order valence-corrected chi connectivity index (χ3v) is 6.97. The Balaban J connectivity index is 1.41. The van der Waals surface area contributed by atoms with Crippen LogP contribution < -0.4 is 10.2 Å². The summed E-state index contributed by atoms with van der Waals surface area (Å²) in [5.41, 5.74) is 2.91. The van der Waals surface area contributed by atoms with E-state index in [9.17, 15) is 9.59 Å². The van der Waals surface area contributed by atoms with Crippen molar-refractivity contribution in [2.24, 2.45) is 0 Å². The minimum atomic E-state index is -0.204. The number of fused-ring (bicyclic) bond motifs is 1. The third-order valence-electron chi connectivity index (χ3n) is 4.57. The number of carbonyl (C=O) groups excluding carboxylic acids is 2. The summed E-state index contributed by atoms with van der Waals surface area (Å²) in [6.07, 6.45) is 0. The largest absolute Gasteiger partial charge is 0.322 e. The first-order valence-electron chi connectivity index (χ1n) is 9.41. The second-order valence-electron chi connectivity index (χ2n) is 6.70. The van der Waals surface area contributed by atoms with Crippen molar-refractivity contribution >= 4 is 68.1 Å². The van der Waals surface area contributed by atoms with Crippen molar-refractivity contribution in [3.05, 3.63) is 83.4 Å². The molecule has 0 radical (unpaired) electrons. The highest BCUT2D eigenvalue weighted by atomic mass is 35.5. The fourth-order valence-electron chi connectivity index (χ4n) is 2.86. The average molecular weight is 468 g/mol. The van der Waals surface area contributed by atoms with Crippen molar-refractivity contribution in [2.75, 3.05) is 23.0 Å². The Labute approximate surface area is 193 Å². The highest BCUT2D eigenvalue weighted by molar-refractivity contribution is 8.01. The van der Waals surface area contributed by atoms with Crippen molar-refractivity contribution in [3.8, 4) is 0 Å². The van der Waals surface area contributed by atoms with Gasteiger partial charge < -0.3 is 10.2 Å². The van der Waals surface area contributed by atoms with Gasteiger partial charge in [0.2, 0.25) is 5.91 Å². The second kappa shape index (κ2) is 9.51. The van der Waals surface area contributed by atoms with E-state index < -0.39 is 0 Å². The number of aromatic nitrogens is 1. The van der Waals surface area contributed by atoms with E-state index in [0.717, 1.165) is 20.2 Å². The topological polar surface area (TPSA) is 62.3 Å². The molecule has 0 saturated carbocycles. The van der Waals surface area contributed by atoms with Gasteiger partial charge in [-0.3, -0.25) is 9.59 Å². The first-order valence-corrected chi connectivity index (χ1v) is 11.6. The Kier molecular flexibility index (Phi) is 6.56. The normalized spacial score (nSPS) is 10.8. The lowest BCUT2D eigenvalue weighted by molar-refractivity contribution is -0.115. The van der Waals surface area contributed by atoms with Crippen LogP contribution in [0.3, 0.4) is 0 Å². The number of nitrogens with zero attached hydrogens (tertiary/aromatic N) is 2. The molecule has 8 heteroatoms. The van der Waals surface area contributed by atoms with Crippen LogP contribution in [0.2, 0.25) is 5.02 Å². The number of anilines is 2. The number of thioether (sulfide) groups is 1. The molecule has 0 aliphatic carbocycles. The molecule has 0 fully saturated rings. The monoisotopic (exact) mass is 467 g/mol. The van der Waals surface area contributed by atoms with Crippen LogP contribution in [-0.4, -0.2) is 29.6 Å². The lowest BCUT2D eigenvalue weighted by Gasteiger charge is -2.16. The Hall–Kier alpha value is -2.87. The van der Waals surface area contributed by atoms with Crippen LogP contribution in [0.15, 0.2) is 77.1 Å². The molecule has 0 atom stereocenters. The van der Waals surface area contributed by atoms with E-state index in [2.05, 4.69) is 10.3 Å². The molecule has 156 valence electrons. The molecule has 0 aliphatic rings. The summed E-state index contributed by atoms with van der Waals surface area (Å²) in [5, 5.41) is 3.48. The number of nitrogens with one attached hydrogen (secondary N) is 1. The summed E-state index contributed by atoms with van der Waals surface area (Å²) in [4.78, 5) is 31.1. The molecule has 0 unspecified atom stereocenters. The van der Waals surface area contributed by atoms with Crippen LogP contribution in [-0.2, 0) is 4.79 Å². The van der Waals surface area contributed by atoms with E-state index in [1.54, 1.807) is 36.2 Å². The summed E-state index contributed by atoms with van der Waals surface area (Å²) in [6, 6.07) is 21.8. The molecule has 2 amide bonds. The minimum absolute atomic E-state index is 0.00590. The zero-order valence-corrected chi connectivity index (χ0v) is 18.9. The van der Waals surface area contributed by atoms with Gasteiger partial charge in [0, 0.05) is 29.0 Å². The number of para-hydroxylation sites is 1. The van der Waals surface area contributed by atoms with Crippen molar-refractivity contribution in [1.29, 1.82) is 0 Å². The molecule has 1 N–H and O–H groups in total. The summed E-state index contributed by atoms with van der Waals surface area (Å²) in [5.74, 6) is 0.0989. The molecule has 1 aromatic heterocycles. The number of rotatable bonds is 6. The molecule has 4 rings (SSSR count). The van der Waals surface area contributed by atoms with Crippen molar-refractivity contribution in [1.82, 2.24) is 4.98 Å². The van der Waals surface area contributed by atoms with Gasteiger partial charge >= 0.3 is 0 Å². The maximum Gasteiger partial charge on any atom is 0.255 e. The summed E-state index contributed by atoms with van der Waals surface area (Å²) >= 11 is 8.78. The molecule has 4 aromatic rings. The van der Waals surface area contributed by atoms with Gasteiger partial charge in [-0.05, 0) is 54.6 Å². The number of halogens is 1. The third kappa shape index (κ3) is 5.25. The standard InChI is InChI=1S/C23H18ClN3O2S2/c1-27(18-5-3-2-4-6-18)21(28)14-30-23-26-19-12-11-17(13-20(19)31-23)25-22(29)15-7-9-16(24)10-8-15/h2-13H,14H2,1H3,(H,25,29). The number of carbonyl (C=O) groups is 2. The highest BCUT2D eigenvalue weighted by Gasteiger charge is 2.14. The fourth-order valence-corrected chi connectivity index (χ4v) is 5.01. The summed E-state index contributed by atoms with van der Waals surface area (Å²) in [6.45, 7) is 0. The van der Waals surface area contributed by atoms with Crippen molar-refractivity contribution in [3.63, 3.8) is 0 Å². The van der Waals surface area contributed by atoms with Crippen LogP contribution >= 0.6 is 34.7 Å². The number of benzene rings is 3. The Morgan fingerprint density at radius 1 is 1.06 bits per heavy atom. The zero-order valence-electron chi connectivity index (χ0n) is 16.5. The molecule has 1 heterocycles. The van der Waals surface area contributed by atoms with E-state index in [1.807, 2.05) is 48.5 Å². The van der Waals surface area contributed by atoms with Gasteiger partial charge in [0.15, 0.2) is 4.34 Å². The van der Waals surface area contributed by atoms with Crippen LogP contribution in [0.5, 0.6) is 0 Å². The highest BCUT2D eigenvalue weighted by Crippen LogP contribution is 2.31. The van der Waals surface area contributed by atoms with Crippen LogP contribution in [0.1, 0.15) is 10.4 Å². The molecular formula is C23H18ClN3O2S2. The van der Waals surface area contributed by atoms with E-state index in [4.69, 9.17) is 11.6 Å². The molecule has 0 bridgehead atoms. The quantitative estimate of drug-likeness (QED) is 0.355. The van der Waals surface area contributed by atoms with Gasteiger partial charge in [-0.1, -0.05) is 41.6 Å². The molecular weight excluding hydrogens is 450 g/mol. The second-order valence-corrected chi connectivity index (χ2v) is 9.39. The molecule has 5 nitrogen and oxygen atoms in total. The van der Waals surface area contributed by atoms with E-state index in [-0.39, 0.29) is 11.8 Å². The fraction of sp³-hybridized carbons (Fsp3) is 0.0870. The van der Waals surface area contributed by atoms with E-state index in [1.165, 1.54) is 23.1 Å². The maximum absolute atomic E-state index is 12.5. The number of hydrogen-bond donors (Lipinski definition) is 1. The SMILES string of the molecule is CN(C(=O)CSc1nc2ccc(NC(=O)c3ccc(Cl)cc3)cc2s1)c1ccccc1.